The van der Waals surface area contributed by atoms with Crippen LogP contribution in [0.4, 0.5) is 11.4 Å². The average Bonchev–Trinajstić information content (AvgIpc) is 3.08. The smallest absolute Gasteiger partial charge is 0.258 e. The summed E-state index contributed by atoms with van der Waals surface area (Å²) in [7, 11) is 3.15. The first-order valence-corrected chi connectivity index (χ1v) is 16.3. The standard InChI is InChI=1S/C17H21ClN2O3.C17H22N2O4/c1-3-23-14-8-11(9-18)7-13-15(14)16-12(5-4-6-19-16)17(21)20(13)10-22-2;1-3-23-14-8-11(9-20)7-13-15(14)16-12(5-4-6-18-16)17(21)19(13)10-22-2/h7-8,19H,3-6,9-10H2,1-2H3;7-8,18,20H,3-6,9-10H2,1-2H3. The van der Waals surface area contributed by atoms with E-state index in [0.29, 0.717) is 30.4 Å². The van der Waals surface area contributed by atoms with Crippen LogP contribution in [0.25, 0.3) is 21.8 Å². The number of methoxy groups -OCH3 is 2. The number of pyridine rings is 2. The molecule has 11 nitrogen and oxygen atoms in total. The molecule has 0 aliphatic carbocycles. The Morgan fingerprint density at radius 1 is 0.761 bits per heavy atom. The van der Waals surface area contributed by atoms with Crippen molar-refractivity contribution in [3.8, 4) is 11.5 Å². The normalized spacial score (nSPS) is 13.7. The molecule has 4 aromatic rings. The van der Waals surface area contributed by atoms with E-state index in [1.54, 1.807) is 23.4 Å². The van der Waals surface area contributed by atoms with Crippen LogP contribution in [0.15, 0.2) is 33.9 Å². The van der Waals surface area contributed by atoms with Crippen molar-refractivity contribution in [2.45, 2.75) is 65.5 Å². The number of aliphatic hydroxyl groups excluding tert-OH is 1. The highest BCUT2D eigenvalue weighted by Crippen LogP contribution is 2.38. The predicted molar refractivity (Wildman–Crippen MR) is 182 cm³/mol. The Hall–Kier alpha value is -3.77. The van der Waals surface area contributed by atoms with Crippen LogP contribution >= 0.6 is 11.6 Å². The summed E-state index contributed by atoms with van der Waals surface area (Å²) in [6.07, 6.45) is 3.39. The molecule has 12 heteroatoms. The minimum Gasteiger partial charge on any atom is -0.493 e. The largest absolute Gasteiger partial charge is 0.493 e. The van der Waals surface area contributed by atoms with E-state index < -0.39 is 0 Å². The maximum Gasteiger partial charge on any atom is 0.258 e. The molecule has 0 radical (unpaired) electrons. The van der Waals surface area contributed by atoms with Crippen LogP contribution < -0.4 is 31.2 Å². The molecule has 0 fully saturated rings. The summed E-state index contributed by atoms with van der Waals surface area (Å²) in [5.74, 6) is 1.81. The van der Waals surface area contributed by atoms with E-state index in [-0.39, 0.29) is 31.2 Å². The van der Waals surface area contributed by atoms with Gasteiger partial charge < -0.3 is 34.7 Å². The lowest BCUT2D eigenvalue weighted by Gasteiger charge is -2.24. The number of nitrogens with one attached hydrogen (secondary N) is 2. The fourth-order valence-corrected chi connectivity index (χ4v) is 6.49. The Bertz CT molecular complexity index is 1700. The lowest BCUT2D eigenvalue weighted by Crippen LogP contribution is -2.29. The highest BCUT2D eigenvalue weighted by molar-refractivity contribution is 6.17. The molecule has 3 N–H and O–H groups in total. The zero-order valence-electron chi connectivity index (χ0n) is 27.0. The lowest BCUT2D eigenvalue weighted by atomic mass is 9.99. The minimum absolute atomic E-state index is 0.00396. The third-order valence-electron chi connectivity index (χ3n) is 8.24. The molecular formula is C34H43ClN4O7. The zero-order chi connectivity index (χ0) is 32.8. The molecule has 0 spiro atoms. The summed E-state index contributed by atoms with van der Waals surface area (Å²) in [6.45, 7) is 6.90. The highest BCUT2D eigenvalue weighted by atomic mass is 35.5. The first-order valence-electron chi connectivity index (χ1n) is 15.7. The number of ether oxygens (including phenoxy) is 4. The monoisotopic (exact) mass is 654 g/mol. The van der Waals surface area contributed by atoms with Crippen molar-refractivity contribution < 1.29 is 24.1 Å². The molecule has 248 valence electrons. The summed E-state index contributed by atoms with van der Waals surface area (Å²) < 4.78 is 25.4. The van der Waals surface area contributed by atoms with Gasteiger partial charge in [0.25, 0.3) is 11.1 Å². The number of alkyl halides is 1. The fourth-order valence-electron chi connectivity index (χ4n) is 6.33. The Balaban J connectivity index is 0.000000181. The first-order chi connectivity index (χ1) is 22.4. The van der Waals surface area contributed by atoms with Gasteiger partial charge in [-0.15, -0.1) is 11.6 Å². The highest BCUT2D eigenvalue weighted by Gasteiger charge is 2.24. The number of hydrogen-bond donors (Lipinski definition) is 3. The quantitative estimate of drug-likeness (QED) is 0.204. The molecule has 2 aromatic heterocycles. The minimum atomic E-state index is -0.109. The van der Waals surface area contributed by atoms with Gasteiger partial charge in [-0.2, -0.15) is 0 Å². The van der Waals surface area contributed by atoms with Crippen molar-refractivity contribution in [2.24, 2.45) is 0 Å². The van der Waals surface area contributed by atoms with E-state index in [4.69, 9.17) is 30.5 Å². The second kappa shape index (κ2) is 15.2. The summed E-state index contributed by atoms with van der Waals surface area (Å²) >= 11 is 6.02. The third kappa shape index (κ3) is 6.42. The Labute approximate surface area is 273 Å². The maximum absolute atomic E-state index is 12.9. The van der Waals surface area contributed by atoms with Gasteiger partial charge in [0, 0.05) is 44.3 Å². The van der Waals surface area contributed by atoms with Crippen molar-refractivity contribution in [3.05, 3.63) is 67.2 Å². The molecule has 6 rings (SSSR count). The van der Waals surface area contributed by atoms with E-state index in [2.05, 4.69) is 10.6 Å². The van der Waals surface area contributed by atoms with Crippen LogP contribution in [0.1, 0.15) is 48.9 Å². The van der Waals surface area contributed by atoms with Gasteiger partial charge in [0.1, 0.15) is 25.0 Å². The molecule has 2 aromatic carbocycles. The van der Waals surface area contributed by atoms with Gasteiger partial charge in [0.2, 0.25) is 0 Å². The molecule has 4 heterocycles. The van der Waals surface area contributed by atoms with E-state index in [1.165, 1.54) is 0 Å². The van der Waals surface area contributed by atoms with Crippen molar-refractivity contribution in [1.82, 2.24) is 9.13 Å². The molecule has 0 amide bonds. The molecule has 0 saturated heterocycles. The fraction of sp³-hybridized carbons (Fsp3) is 0.471. The summed E-state index contributed by atoms with van der Waals surface area (Å²) in [4.78, 5) is 25.7. The number of nitrogens with zero attached hydrogens (tertiary/aromatic N) is 2. The number of aliphatic hydroxyl groups is 1. The van der Waals surface area contributed by atoms with Crippen LogP contribution in [0.5, 0.6) is 11.5 Å². The number of hydrogen-bond acceptors (Lipinski definition) is 9. The topological polar surface area (TPSA) is 125 Å². The summed E-state index contributed by atoms with van der Waals surface area (Å²) in [5.41, 5.74) is 6.44. The van der Waals surface area contributed by atoms with Crippen LogP contribution in [0.2, 0.25) is 0 Å². The van der Waals surface area contributed by atoms with E-state index in [0.717, 1.165) is 94.4 Å². The SMILES string of the molecule is CCOc1cc(CCl)cc2c1c1c(c(=O)n2COC)CCCN1.CCOc1cc(CO)cc2c1c1c(c(=O)n2COC)CCCN1. The third-order valence-corrected chi connectivity index (χ3v) is 8.55. The number of aromatic nitrogens is 2. The number of halogens is 1. The van der Waals surface area contributed by atoms with Gasteiger partial charge in [-0.25, -0.2) is 0 Å². The van der Waals surface area contributed by atoms with Gasteiger partial charge in [0.05, 0.1) is 53.0 Å². The molecule has 2 aliphatic heterocycles. The number of benzene rings is 2. The number of fused-ring (bicyclic) bond motifs is 6. The lowest BCUT2D eigenvalue weighted by molar-refractivity contribution is 0.131. The van der Waals surface area contributed by atoms with Gasteiger partial charge in [0.15, 0.2) is 0 Å². The molecule has 0 atom stereocenters. The van der Waals surface area contributed by atoms with Gasteiger partial charge in [-0.3, -0.25) is 18.7 Å². The molecule has 0 unspecified atom stereocenters. The Morgan fingerprint density at radius 2 is 1.22 bits per heavy atom. The van der Waals surface area contributed by atoms with Crippen molar-refractivity contribution >= 4 is 44.8 Å². The number of anilines is 2. The molecule has 2 aliphatic rings. The van der Waals surface area contributed by atoms with Crippen molar-refractivity contribution in [3.63, 3.8) is 0 Å². The summed E-state index contributed by atoms with van der Waals surface area (Å²) in [6, 6.07) is 7.57. The van der Waals surface area contributed by atoms with Crippen LogP contribution in [-0.2, 0) is 48.3 Å². The predicted octanol–water partition coefficient (Wildman–Crippen LogP) is 4.96. The van der Waals surface area contributed by atoms with E-state index in [1.807, 2.05) is 38.1 Å². The Morgan fingerprint density at radius 3 is 1.63 bits per heavy atom. The van der Waals surface area contributed by atoms with Crippen molar-refractivity contribution in [2.75, 3.05) is 51.2 Å². The van der Waals surface area contributed by atoms with E-state index >= 15 is 0 Å². The first kappa shape index (κ1) is 33.6. The second-order valence-electron chi connectivity index (χ2n) is 11.2. The van der Waals surface area contributed by atoms with Gasteiger partial charge in [-0.1, -0.05) is 0 Å². The Kier molecular flexibility index (Phi) is 11.1. The molecule has 0 bridgehead atoms. The molecular weight excluding hydrogens is 612 g/mol. The average molecular weight is 655 g/mol. The van der Waals surface area contributed by atoms with E-state index in [9.17, 15) is 14.7 Å². The molecule has 0 saturated carbocycles. The van der Waals surface area contributed by atoms with Crippen LogP contribution in [0, 0.1) is 0 Å². The molecule has 46 heavy (non-hydrogen) atoms. The van der Waals surface area contributed by atoms with Crippen LogP contribution in [0.3, 0.4) is 0 Å². The van der Waals surface area contributed by atoms with Crippen LogP contribution in [-0.4, -0.2) is 54.8 Å². The summed E-state index contributed by atoms with van der Waals surface area (Å²) in [5, 5.41) is 18.1. The van der Waals surface area contributed by atoms with Gasteiger partial charge in [-0.05, 0) is 74.9 Å². The zero-order valence-corrected chi connectivity index (χ0v) is 27.7. The number of rotatable bonds is 10. The second-order valence-corrected chi connectivity index (χ2v) is 11.5. The van der Waals surface area contributed by atoms with Gasteiger partial charge >= 0.3 is 0 Å². The maximum atomic E-state index is 12.9. The van der Waals surface area contributed by atoms with Crippen molar-refractivity contribution in [1.29, 1.82) is 0 Å².